The number of benzene rings is 1. The van der Waals surface area contributed by atoms with Crippen molar-refractivity contribution in [3.63, 3.8) is 0 Å². The van der Waals surface area contributed by atoms with E-state index in [1.807, 2.05) is 30.7 Å². The van der Waals surface area contributed by atoms with Crippen LogP contribution < -0.4 is 11.3 Å². The van der Waals surface area contributed by atoms with E-state index < -0.39 is 0 Å². The first-order valence-corrected chi connectivity index (χ1v) is 7.19. The molecule has 0 saturated heterocycles. The Morgan fingerprint density at radius 1 is 1.53 bits per heavy atom. The second-order valence-corrected chi connectivity index (χ2v) is 5.58. The molecule has 1 unspecified atom stereocenters. The number of nitrogens with two attached hydrogens (primary N) is 1. The summed E-state index contributed by atoms with van der Waals surface area (Å²) in [5.74, 6) is 5.72. The van der Waals surface area contributed by atoms with Crippen LogP contribution in [0.4, 0.5) is 0 Å². The highest BCUT2D eigenvalue weighted by molar-refractivity contribution is 9.10. The minimum absolute atomic E-state index is 0.204. The molecule has 0 radical (unpaired) electrons. The molecule has 0 aliphatic heterocycles. The molecule has 2 aromatic rings. The number of hydrogen-bond acceptors (Lipinski definition) is 3. The van der Waals surface area contributed by atoms with E-state index in [-0.39, 0.29) is 6.04 Å². The van der Waals surface area contributed by atoms with Gasteiger partial charge in [0.15, 0.2) is 0 Å². The van der Waals surface area contributed by atoms with Gasteiger partial charge in [-0.2, -0.15) is 5.10 Å². The van der Waals surface area contributed by atoms with Crippen molar-refractivity contribution in [2.24, 2.45) is 5.84 Å². The van der Waals surface area contributed by atoms with Gasteiger partial charge in [-0.15, -0.1) is 0 Å². The molecule has 4 nitrogen and oxygen atoms in total. The summed E-state index contributed by atoms with van der Waals surface area (Å²) in [7, 11) is 0. The summed E-state index contributed by atoms with van der Waals surface area (Å²) in [5.41, 5.74) is 5.91. The fraction of sp³-hybridized carbons (Fsp3) is 0.308. The lowest BCUT2D eigenvalue weighted by atomic mass is 10.0. The maximum atomic E-state index is 6.24. The van der Waals surface area contributed by atoms with E-state index in [9.17, 15) is 0 Å². The molecule has 0 spiro atoms. The minimum atomic E-state index is -0.204. The molecule has 1 heterocycles. The smallest absolute Gasteiger partial charge is 0.0904 e. The molecule has 0 amide bonds. The van der Waals surface area contributed by atoms with Crippen molar-refractivity contribution in [1.82, 2.24) is 15.2 Å². The van der Waals surface area contributed by atoms with Crippen LogP contribution >= 0.6 is 27.5 Å². The second-order valence-electron chi connectivity index (χ2n) is 4.32. The van der Waals surface area contributed by atoms with Gasteiger partial charge in [-0.25, -0.2) is 5.43 Å². The monoisotopic (exact) mass is 342 g/mol. The molecule has 0 aliphatic carbocycles. The Balaban J connectivity index is 2.52. The summed E-state index contributed by atoms with van der Waals surface area (Å²) < 4.78 is 2.84. The highest BCUT2D eigenvalue weighted by Crippen LogP contribution is 2.32. The predicted molar refractivity (Wildman–Crippen MR) is 81.0 cm³/mol. The fourth-order valence-corrected chi connectivity index (χ4v) is 3.07. The van der Waals surface area contributed by atoms with Crippen molar-refractivity contribution < 1.29 is 0 Å². The van der Waals surface area contributed by atoms with Crippen LogP contribution in [0.15, 0.2) is 28.9 Å². The molecular formula is C13H16BrClN4. The molecule has 102 valence electrons. The number of aryl methyl sites for hydroxylation is 2. The quantitative estimate of drug-likeness (QED) is 0.662. The third-order valence-corrected chi connectivity index (χ3v) is 4.02. The van der Waals surface area contributed by atoms with Crippen LogP contribution in [0.2, 0.25) is 5.02 Å². The Morgan fingerprint density at radius 2 is 2.26 bits per heavy atom. The first-order valence-electron chi connectivity index (χ1n) is 6.01. The van der Waals surface area contributed by atoms with Crippen molar-refractivity contribution >= 4 is 27.5 Å². The summed E-state index contributed by atoms with van der Waals surface area (Å²) >= 11 is 9.81. The molecule has 1 aromatic heterocycles. The zero-order chi connectivity index (χ0) is 14.0. The summed E-state index contributed by atoms with van der Waals surface area (Å²) in [4.78, 5) is 0. The van der Waals surface area contributed by atoms with Crippen molar-refractivity contribution in [2.45, 2.75) is 26.4 Å². The van der Waals surface area contributed by atoms with E-state index in [0.29, 0.717) is 5.02 Å². The SMILES string of the molecule is CCn1ncc(Cl)c1C(NN)c1ccc(C)cc1Br. The molecule has 0 fully saturated rings. The van der Waals surface area contributed by atoms with Crippen molar-refractivity contribution in [1.29, 1.82) is 0 Å². The molecule has 1 atom stereocenters. The second kappa shape index (κ2) is 6.05. The zero-order valence-corrected chi connectivity index (χ0v) is 13.2. The van der Waals surface area contributed by atoms with E-state index in [4.69, 9.17) is 17.4 Å². The maximum absolute atomic E-state index is 6.24. The normalized spacial score (nSPS) is 12.7. The maximum Gasteiger partial charge on any atom is 0.0904 e. The van der Waals surface area contributed by atoms with Gasteiger partial charge >= 0.3 is 0 Å². The lowest BCUT2D eigenvalue weighted by Gasteiger charge is -2.20. The first-order chi connectivity index (χ1) is 9.08. The Kier molecular flexibility index (Phi) is 4.62. The van der Waals surface area contributed by atoms with E-state index in [1.165, 1.54) is 5.56 Å². The third kappa shape index (κ3) is 2.84. The van der Waals surface area contributed by atoms with Crippen molar-refractivity contribution in [3.8, 4) is 0 Å². The molecule has 3 N–H and O–H groups in total. The van der Waals surface area contributed by atoms with Crippen LogP contribution in [0.5, 0.6) is 0 Å². The van der Waals surface area contributed by atoms with Crippen molar-refractivity contribution in [2.75, 3.05) is 0 Å². The van der Waals surface area contributed by atoms with Crippen LogP contribution in [-0.4, -0.2) is 9.78 Å². The molecular weight excluding hydrogens is 328 g/mol. The minimum Gasteiger partial charge on any atom is -0.271 e. The van der Waals surface area contributed by atoms with Gasteiger partial charge in [0, 0.05) is 11.0 Å². The van der Waals surface area contributed by atoms with Gasteiger partial charge in [-0.05, 0) is 31.0 Å². The summed E-state index contributed by atoms with van der Waals surface area (Å²) in [6.45, 7) is 4.80. The van der Waals surface area contributed by atoms with Gasteiger partial charge in [0.1, 0.15) is 0 Å². The predicted octanol–water partition coefficient (Wildman–Crippen LogP) is 3.18. The summed E-state index contributed by atoms with van der Waals surface area (Å²) in [5, 5.41) is 4.86. The van der Waals surface area contributed by atoms with Crippen LogP contribution in [0.1, 0.15) is 29.8 Å². The molecule has 0 aliphatic rings. The van der Waals surface area contributed by atoms with Crippen LogP contribution in [0.25, 0.3) is 0 Å². The molecule has 1 aromatic carbocycles. The number of nitrogens with zero attached hydrogens (tertiary/aromatic N) is 2. The van der Waals surface area contributed by atoms with Crippen LogP contribution in [0, 0.1) is 6.92 Å². The number of aromatic nitrogens is 2. The van der Waals surface area contributed by atoms with Crippen LogP contribution in [-0.2, 0) is 6.54 Å². The lowest BCUT2D eigenvalue weighted by molar-refractivity contribution is 0.542. The number of rotatable bonds is 4. The average molecular weight is 344 g/mol. The number of halogens is 2. The van der Waals surface area contributed by atoms with E-state index in [2.05, 4.69) is 32.5 Å². The molecule has 19 heavy (non-hydrogen) atoms. The van der Waals surface area contributed by atoms with Gasteiger partial charge < -0.3 is 0 Å². The molecule has 0 saturated carbocycles. The summed E-state index contributed by atoms with van der Waals surface area (Å²) in [6.07, 6.45) is 1.65. The molecule has 6 heteroatoms. The Hall–Kier alpha value is -0.880. The highest BCUT2D eigenvalue weighted by atomic mass is 79.9. The lowest BCUT2D eigenvalue weighted by Crippen LogP contribution is -2.31. The van der Waals surface area contributed by atoms with E-state index >= 15 is 0 Å². The van der Waals surface area contributed by atoms with Crippen molar-refractivity contribution in [3.05, 3.63) is 50.7 Å². The number of hydrogen-bond donors (Lipinski definition) is 2. The van der Waals surface area contributed by atoms with Crippen LogP contribution in [0.3, 0.4) is 0 Å². The average Bonchev–Trinajstić information content (AvgIpc) is 2.74. The van der Waals surface area contributed by atoms with Gasteiger partial charge in [-0.1, -0.05) is 39.7 Å². The Morgan fingerprint density at radius 3 is 2.84 bits per heavy atom. The number of hydrazine groups is 1. The fourth-order valence-electron chi connectivity index (χ4n) is 2.09. The van der Waals surface area contributed by atoms with Gasteiger partial charge in [0.05, 0.1) is 23.0 Å². The third-order valence-electron chi connectivity index (χ3n) is 3.04. The Labute approximate surface area is 126 Å². The summed E-state index contributed by atoms with van der Waals surface area (Å²) in [6, 6.07) is 5.93. The van der Waals surface area contributed by atoms with Gasteiger partial charge in [-0.3, -0.25) is 10.5 Å². The molecule has 2 rings (SSSR count). The first kappa shape index (κ1) is 14.5. The van der Waals surface area contributed by atoms with E-state index in [1.54, 1.807) is 6.20 Å². The zero-order valence-electron chi connectivity index (χ0n) is 10.8. The number of nitrogens with one attached hydrogen (secondary N) is 1. The molecule has 0 bridgehead atoms. The Bertz CT molecular complexity index is 582. The van der Waals surface area contributed by atoms with E-state index in [0.717, 1.165) is 22.3 Å². The standard InChI is InChI=1S/C13H16BrClN4/c1-3-19-13(11(15)7-17-19)12(18-16)9-5-4-8(2)6-10(9)14/h4-7,12,18H,3,16H2,1-2H3. The largest absolute Gasteiger partial charge is 0.271 e. The van der Waals surface area contributed by atoms with Gasteiger partial charge in [0.2, 0.25) is 0 Å². The topological polar surface area (TPSA) is 55.9 Å². The highest BCUT2D eigenvalue weighted by Gasteiger charge is 2.22. The van der Waals surface area contributed by atoms with Gasteiger partial charge in [0.25, 0.3) is 0 Å².